The highest BCUT2D eigenvalue weighted by Gasteiger charge is 2.34. The fourth-order valence-electron chi connectivity index (χ4n) is 4.06. The molecule has 1 aliphatic rings. The number of nitrogens with zero attached hydrogens (tertiary/aromatic N) is 2. The van der Waals surface area contributed by atoms with E-state index in [0.29, 0.717) is 11.1 Å². The first kappa shape index (κ1) is 21.0. The highest BCUT2D eigenvalue weighted by atomic mass is 79.9. The van der Waals surface area contributed by atoms with Crippen LogP contribution < -0.4 is 4.90 Å². The van der Waals surface area contributed by atoms with E-state index in [1.165, 1.54) is 7.05 Å². The molecule has 1 atom stereocenters. The summed E-state index contributed by atoms with van der Waals surface area (Å²) < 4.78 is 28.4. The van der Waals surface area contributed by atoms with Crippen molar-refractivity contribution < 1.29 is 13.2 Å². The standard InChI is InChI=1S/C21H25BrN2O3S/c1-13-8-14(2)21(15(3)9-13)28(26,27)23(5)12-20(25)24-16(4)10-17-11-18(22)6-7-19(17)24/h6-9,11,16H,10,12H2,1-5H3. The van der Waals surface area contributed by atoms with Crippen molar-refractivity contribution >= 4 is 37.5 Å². The fourth-order valence-corrected chi connectivity index (χ4v) is 5.99. The molecule has 5 nitrogen and oxygen atoms in total. The van der Waals surface area contributed by atoms with Crippen molar-refractivity contribution in [2.45, 2.75) is 45.1 Å². The van der Waals surface area contributed by atoms with E-state index in [2.05, 4.69) is 15.9 Å². The second kappa shape index (κ2) is 7.61. The molecule has 0 bridgehead atoms. The molecule has 0 aliphatic carbocycles. The lowest BCUT2D eigenvalue weighted by atomic mass is 10.1. The summed E-state index contributed by atoms with van der Waals surface area (Å²) in [5.41, 5.74) is 4.35. The molecule has 1 unspecified atom stereocenters. The molecule has 0 saturated heterocycles. The first-order chi connectivity index (χ1) is 13.0. The Labute approximate surface area is 175 Å². The fraction of sp³-hybridized carbons (Fsp3) is 0.381. The van der Waals surface area contributed by atoms with Crippen LogP contribution in [0.1, 0.15) is 29.2 Å². The van der Waals surface area contributed by atoms with Crippen LogP contribution in [0.5, 0.6) is 0 Å². The number of hydrogen-bond acceptors (Lipinski definition) is 3. The minimum Gasteiger partial charge on any atom is -0.308 e. The van der Waals surface area contributed by atoms with Crippen molar-refractivity contribution in [2.24, 2.45) is 0 Å². The van der Waals surface area contributed by atoms with Gasteiger partial charge in [-0.15, -0.1) is 0 Å². The number of amides is 1. The number of carbonyl (C=O) groups is 1. The summed E-state index contributed by atoms with van der Waals surface area (Å²) in [6.07, 6.45) is 0.757. The van der Waals surface area contributed by atoms with Gasteiger partial charge in [-0.1, -0.05) is 33.6 Å². The van der Waals surface area contributed by atoms with Crippen molar-refractivity contribution in [1.82, 2.24) is 4.31 Å². The predicted molar refractivity (Wildman–Crippen MR) is 115 cm³/mol. The van der Waals surface area contributed by atoms with E-state index in [1.807, 2.05) is 44.2 Å². The quantitative estimate of drug-likeness (QED) is 0.687. The summed E-state index contributed by atoms with van der Waals surface area (Å²) in [6.45, 7) is 7.30. The number of rotatable bonds is 4. The number of likely N-dealkylation sites (N-methyl/N-ethyl adjacent to an activating group) is 1. The van der Waals surface area contributed by atoms with E-state index in [0.717, 1.165) is 32.0 Å². The summed E-state index contributed by atoms with van der Waals surface area (Å²) in [5, 5.41) is 0. The first-order valence-corrected chi connectivity index (χ1v) is 11.4. The lowest BCUT2D eigenvalue weighted by Crippen LogP contribution is -2.43. The molecular weight excluding hydrogens is 440 g/mol. The maximum Gasteiger partial charge on any atom is 0.243 e. The van der Waals surface area contributed by atoms with E-state index < -0.39 is 10.0 Å². The van der Waals surface area contributed by atoms with Gasteiger partial charge in [0.15, 0.2) is 0 Å². The van der Waals surface area contributed by atoms with Crippen LogP contribution in [0.3, 0.4) is 0 Å². The molecule has 1 aliphatic heterocycles. The Morgan fingerprint density at radius 2 is 1.79 bits per heavy atom. The van der Waals surface area contributed by atoms with Gasteiger partial charge in [0.2, 0.25) is 15.9 Å². The van der Waals surface area contributed by atoms with Gasteiger partial charge in [0.25, 0.3) is 0 Å². The minimum atomic E-state index is -3.76. The van der Waals surface area contributed by atoms with Crippen molar-refractivity contribution in [3.63, 3.8) is 0 Å². The van der Waals surface area contributed by atoms with Crippen LogP contribution in [-0.4, -0.2) is 38.3 Å². The third kappa shape index (κ3) is 3.75. The average molecular weight is 465 g/mol. The molecule has 150 valence electrons. The maximum absolute atomic E-state index is 13.2. The highest BCUT2D eigenvalue weighted by Crippen LogP contribution is 2.34. The number of halogens is 1. The molecule has 0 saturated carbocycles. The van der Waals surface area contributed by atoms with Gasteiger partial charge in [-0.05, 0) is 69.0 Å². The number of hydrogen-bond donors (Lipinski definition) is 0. The third-order valence-corrected chi connectivity index (χ3v) is 7.76. The molecular formula is C21H25BrN2O3S. The van der Waals surface area contributed by atoms with E-state index in [9.17, 15) is 13.2 Å². The van der Waals surface area contributed by atoms with E-state index in [1.54, 1.807) is 18.7 Å². The molecule has 1 heterocycles. The van der Waals surface area contributed by atoms with E-state index in [4.69, 9.17) is 0 Å². The molecule has 3 rings (SSSR count). The lowest BCUT2D eigenvalue weighted by Gasteiger charge is -2.26. The summed E-state index contributed by atoms with van der Waals surface area (Å²) in [6, 6.07) is 9.52. The summed E-state index contributed by atoms with van der Waals surface area (Å²) in [4.78, 5) is 15.0. The lowest BCUT2D eigenvalue weighted by molar-refractivity contribution is -0.118. The largest absolute Gasteiger partial charge is 0.308 e. The van der Waals surface area contributed by atoms with Crippen LogP contribution in [0.15, 0.2) is 39.7 Å². The number of sulfonamides is 1. The molecule has 28 heavy (non-hydrogen) atoms. The predicted octanol–water partition coefficient (Wildman–Crippen LogP) is 3.97. The van der Waals surface area contributed by atoms with Crippen LogP contribution in [0.25, 0.3) is 0 Å². The Hall–Kier alpha value is -1.70. The van der Waals surface area contributed by atoms with Crippen LogP contribution in [0.2, 0.25) is 0 Å². The van der Waals surface area contributed by atoms with Gasteiger partial charge in [0.05, 0.1) is 11.4 Å². The third-order valence-electron chi connectivity index (χ3n) is 5.16. The van der Waals surface area contributed by atoms with Gasteiger partial charge in [-0.25, -0.2) is 8.42 Å². The first-order valence-electron chi connectivity index (χ1n) is 9.17. The topological polar surface area (TPSA) is 57.7 Å². The number of carbonyl (C=O) groups excluding carboxylic acids is 1. The number of benzene rings is 2. The van der Waals surface area contributed by atoms with Crippen LogP contribution in [0, 0.1) is 20.8 Å². The Kier molecular flexibility index (Phi) is 5.71. The van der Waals surface area contributed by atoms with Crippen LogP contribution in [0.4, 0.5) is 5.69 Å². The second-order valence-electron chi connectivity index (χ2n) is 7.58. The summed E-state index contributed by atoms with van der Waals surface area (Å²) in [7, 11) is -2.30. The summed E-state index contributed by atoms with van der Waals surface area (Å²) >= 11 is 3.46. The van der Waals surface area contributed by atoms with Gasteiger partial charge < -0.3 is 4.90 Å². The molecule has 0 radical (unpaired) electrons. The van der Waals surface area contributed by atoms with Crippen LogP contribution >= 0.6 is 15.9 Å². The van der Waals surface area contributed by atoms with Gasteiger partial charge >= 0.3 is 0 Å². The molecule has 2 aromatic carbocycles. The normalized spacial score (nSPS) is 16.5. The van der Waals surface area contributed by atoms with E-state index >= 15 is 0 Å². The molecule has 2 aromatic rings. The zero-order valence-electron chi connectivity index (χ0n) is 16.8. The average Bonchev–Trinajstić information content (AvgIpc) is 2.88. The number of anilines is 1. The molecule has 0 spiro atoms. The Bertz CT molecular complexity index is 1030. The van der Waals surface area contributed by atoms with Gasteiger partial charge in [-0.3, -0.25) is 4.79 Å². The zero-order chi connectivity index (χ0) is 20.8. The number of fused-ring (bicyclic) bond motifs is 1. The van der Waals surface area contributed by atoms with Crippen molar-refractivity contribution in [1.29, 1.82) is 0 Å². The second-order valence-corrected chi connectivity index (χ2v) is 10.5. The van der Waals surface area contributed by atoms with Crippen molar-refractivity contribution in [3.8, 4) is 0 Å². The van der Waals surface area contributed by atoms with Crippen molar-refractivity contribution in [2.75, 3.05) is 18.5 Å². The SMILES string of the molecule is Cc1cc(C)c(S(=O)(=O)N(C)CC(=O)N2c3ccc(Br)cc3CC2C)c(C)c1. The maximum atomic E-state index is 13.2. The van der Waals surface area contributed by atoms with Gasteiger partial charge in [0.1, 0.15) is 0 Å². The molecule has 0 N–H and O–H groups in total. The highest BCUT2D eigenvalue weighted by molar-refractivity contribution is 9.10. The monoisotopic (exact) mass is 464 g/mol. The number of aryl methyl sites for hydroxylation is 3. The van der Waals surface area contributed by atoms with Crippen LogP contribution in [-0.2, 0) is 21.2 Å². The smallest absolute Gasteiger partial charge is 0.243 e. The minimum absolute atomic E-state index is 0.00393. The Balaban J connectivity index is 1.87. The molecule has 0 fully saturated rings. The molecule has 1 amide bonds. The Morgan fingerprint density at radius 3 is 2.39 bits per heavy atom. The van der Waals surface area contributed by atoms with Gasteiger partial charge in [-0.2, -0.15) is 4.31 Å². The van der Waals surface area contributed by atoms with E-state index in [-0.39, 0.29) is 23.4 Å². The summed E-state index contributed by atoms with van der Waals surface area (Å²) in [5.74, 6) is -0.220. The molecule has 7 heteroatoms. The van der Waals surface area contributed by atoms with Gasteiger partial charge in [0, 0.05) is 23.2 Å². The molecule has 0 aromatic heterocycles. The Morgan fingerprint density at radius 1 is 1.18 bits per heavy atom. The van der Waals surface area contributed by atoms with Crippen molar-refractivity contribution in [3.05, 3.63) is 57.1 Å². The zero-order valence-corrected chi connectivity index (χ0v) is 19.2.